The lowest BCUT2D eigenvalue weighted by molar-refractivity contribution is -0.130. The van der Waals surface area contributed by atoms with E-state index in [1.807, 2.05) is 49.9 Å². The molecule has 0 saturated heterocycles. The van der Waals surface area contributed by atoms with Crippen molar-refractivity contribution >= 4 is 47.4 Å². The zero-order chi connectivity index (χ0) is 17.8. The number of guanidine groups is 1. The first-order chi connectivity index (χ1) is 11.6. The third kappa shape index (κ3) is 9.89. The number of aliphatic imine (C=N–C) groups is 1. The van der Waals surface area contributed by atoms with Crippen LogP contribution in [0.15, 0.2) is 29.3 Å². The van der Waals surface area contributed by atoms with Gasteiger partial charge in [-0.2, -0.15) is 0 Å². The van der Waals surface area contributed by atoms with E-state index in [0.717, 1.165) is 43.6 Å². The number of hydrogen-bond acceptors (Lipinski definition) is 2. The van der Waals surface area contributed by atoms with Gasteiger partial charge in [0.2, 0.25) is 5.91 Å². The lowest BCUT2D eigenvalue weighted by atomic mass is 10.1. The quantitative estimate of drug-likeness (QED) is 0.324. The molecule has 0 radical (unpaired) electrons. The normalized spacial score (nSPS) is 10.8. The van der Waals surface area contributed by atoms with Gasteiger partial charge in [0.05, 0.1) is 6.54 Å². The van der Waals surface area contributed by atoms with Crippen LogP contribution in [0.3, 0.4) is 0 Å². The number of hydrogen-bond donors (Lipinski definition) is 2. The van der Waals surface area contributed by atoms with Crippen LogP contribution in [0.5, 0.6) is 0 Å². The summed E-state index contributed by atoms with van der Waals surface area (Å²) in [5, 5.41) is 7.25. The predicted octanol–water partition coefficient (Wildman–Crippen LogP) is 3.31. The zero-order valence-electron chi connectivity index (χ0n) is 15.3. The van der Waals surface area contributed by atoms with E-state index in [-0.39, 0.29) is 29.9 Å². The molecule has 0 heterocycles. The largest absolute Gasteiger partial charge is 0.357 e. The number of nitrogens with one attached hydrogen (secondary N) is 2. The fourth-order valence-electron chi connectivity index (χ4n) is 2.32. The van der Waals surface area contributed by atoms with Crippen molar-refractivity contribution in [2.24, 2.45) is 4.99 Å². The van der Waals surface area contributed by atoms with Crippen LogP contribution in [-0.2, 0) is 11.2 Å². The van der Waals surface area contributed by atoms with Crippen LogP contribution in [0.2, 0.25) is 5.02 Å². The smallest absolute Gasteiger partial charge is 0.224 e. The molecule has 0 spiro atoms. The molecule has 25 heavy (non-hydrogen) atoms. The van der Waals surface area contributed by atoms with Crippen molar-refractivity contribution in [2.75, 3.05) is 32.7 Å². The van der Waals surface area contributed by atoms with Crippen LogP contribution in [0.4, 0.5) is 0 Å². The topological polar surface area (TPSA) is 56.7 Å². The van der Waals surface area contributed by atoms with Crippen molar-refractivity contribution in [3.05, 3.63) is 34.9 Å². The molecular weight excluding hydrogens is 451 g/mol. The highest BCUT2D eigenvalue weighted by atomic mass is 127. The molecule has 0 aliphatic heterocycles. The van der Waals surface area contributed by atoms with Crippen LogP contribution >= 0.6 is 35.6 Å². The van der Waals surface area contributed by atoms with Gasteiger partial charge in [-0.3, -0.25) is 9.79 Å². The van der Waals surface area contributed by atoms with Gasteiger partial charge in [-0.05, 0) is 44.9 Å². The van der Waals surface area contributed by atoms with E-state index in [1.165, 1.54) is 5.56 Å². The summed E-state index contributed by atoms with van der Waals surface area (Å²) in [6.07, 6.45) is 1.33. The fraction of sp³-hybridized carbons (Fsp3) is 0.556. The molecule has 0 aliphatic rings. The summed E-state index contributed by atoms with van der Waals surface area (Å²) in [4.78, 5) is 18.3. The molecule has 1 aromatic rings. The Morgan fingerprint density at radius 2 is 1.76 bits per heavy atom. The number of halogens is 2. The first-order valence-electron chi connectivity index (χ1n) is 8.65. The van der Waals surface area contributed by atoms with Crippen LogP contribution < -0.4 is 10.6 Å². The Labute approximate surface area is 173 Å². The molecule has 1 rings (SSSR count). The van der Waals surface area contributed by atoms with Crippen LogP contribution in [0.25, 0.3) is 0 Å². The Kier molecular flexibility index (Phi) is 13.6. The van der Waals surface area contributed by atoms with Gasteiger partial charge in [0.15, 0.2) is 5.96 Å². The average Bonchev–Trinajstić information content (AvgIpc) is 2.58. The molecule has 1 amide bonds. The molecule has 0 unspecified atom stereocenters. The zero-order valence-corrected chi connectivity index (χ0v) is 18.4. The van der Waals surface area contributed by atoms with Crippen LogP contribution in [-0.4, -0.2) is 49.5 Å². The van der Waals surface area contributed by atoms with Gasteiger partial charge in [0.1, 0.15) is 0 Å². The maximum absolute atomic E-state index is 12.0. The summed E-state index contributed by atoms with van der Waals surface area (Å²) in [5.74, 6) is 0.902. The summed E-state index contributed by atoms with van der Waals surface area (Å²) in [7, 11) is 0. The van der Waals surface area contributed by atoms with Gasteiger partial charge >= 0.3 is 0 Å². The number of amides is 1. The van der Waals surface area contributed by atoms with Crippen molar-refractivity contribution < 1.29 is 4.79 Å². The fourth-order valence-corrected chi connectivity index (χ4v) is 2.44. The lowest BCUT2D eigenvalue weighted by Crippen LogP contribution is -2.38. The highest BCUT2D eigenvalue weighted by Crippen LogP contribution is 2.09. The maximum atomic E-state index is 12.0. The van der Waals surface area contributed by atoms with E-state index in [1.54, 1.807) is 0 Å². The molecule has 1 aromatic carbocycles. The Bertz CT molecular complexity index is 518. The summed E-state index contributed by atoms with van der Waals surface area (Å²) < 4.78 is 0. The molecule has 0 aromatic heterocycles. The van der Waals surface area contributed by atoms with Crippen molar-refractivity contribution in [3.8, 4) is 0 Å². The molecule has 0 bridgehead atoms. The lowest BCUT2D eigenvalue weighted by Gasteiger charge is -2.18. The molecule has 0 aliphatic carbocycles. The van der Waals surface area contributed by atoms with E-state index < -0.39 is 0 Å². The van der Waals surface area contributed by atoms with Gasteiger partial charge in [0, 0.05) is 37.6 Å². The third-order valence-corrected chi connectivity index (χ3v) is 3.93. The molecule has 0 fully saturated rings. The molecule has 2 N–H and O–H groups in total. The SMILES string of the molecule is CCNC(=NCCC(=O)N(CC)CC)NCCc1ccc(Cl)cc1.I. The Balaban J connectivity index is 0.00000576. The molecule has 7 heteroatoms. The van der Waals surface area contributed by atoms with E-state index in [9.17, 15) is 4.79 Å². The number of benzene rings is 1. The third-order valence-electron chi connectivity index (χ3n) is 3.68. The number of carbonyl (C=O) groups is 1. The van der Waals surface area contributed by atoms with Crippen LogP contribution in [0, 0.1) is 0 Å². The van der Waals surface area contributed by atoms with Crippen LogP contribution in [0.1, 0.15) is 32.8 Å². The number of carbonyl (C=O) groups excluding carboxylic acids is 1. The molecular formula is C18H30ClIN4O. The highest BCUT2D eigenvalue weighted by molar-refractivity contribution is 14.0. The number of nitrogens with zero attached hydrogens (tertiary/aromatic N) is 2. The minimum Gasteiger partial charge on any atom is -0.357 e. The van der Waals surface area contributed by atoms with E-state index in [2.05, 4.69) is 15.6 Å². The summed E-state index contributed by atoms with van der Waals surface area (Å²) in [6.45, 7) is 9.56. The molecule has 0 atom stereocenters. The van der Waals surface area contributed by atoms with E-state index in [0.29, 0.717) is 13.0 Å². The summed E-state index contributed by atoms with van der Waals surface area (Å²) >= 11 is 5.89. The maximum Gasteiger partial charge on any atom is 0.224 e. The second kappa shape index (κ2) is 14.2. The first-order valence-corrected chi connectivity index (χ1v) is 9.02. The minimum absolute atomic E-state index is 0. The van der Waals surface area contributed by atoms with E-state index in [4.69, 9.17) is 11.6 Å². The van der Waals surface area contributed by atoms with Crippen molar-refractivity contribution in [3.63, 3.8) is 0 Å². The van der Waals surface area contributed by atoms with Gasteiger partial charge in [-0.25, -0.2) is 0 Å². The minimum atomic E-state index is 0. The monoisotopic (exact) mass is 480 g/mol. The van der Waals surface area contributed by atoms with Crippen molar-refractivity contribution in [1.29, 1.82) is 0 Å². The molecule has 5 nitrogen and oxygen atoms in total. The second-order valence-corrected chi connectivity index (χ2v) is 5.82. The van der Waals surface area contributed by atoms with E-state index >= 15 is 0 Å². The Hall–Kier alpha value is -1.02. The first kappa shape index (κ1) is 24.0. The van der Waals surface area contributed by atoms with Crippen molar-refractivity contribution in [2.45, 2.75) is 33.6 Å². The summed E-state index contributed by atoms with van der Waals surface area (Å²) in [6, 6.07) is 7.84. The van der Waals surface area contributed by atoms with Gasteiger partial charge in [0.25, 0.3) is 0 Å². The van der Waals surface area contributed by atoms with Crippen molar-refractivity contribution in [1.82, 2.24) is 15.5 Å². The Morgan fingerprint density at radius 1 is 1.12 bits per heavy atom. The Morgan fingerprint density at radius 3 is 2.32 bits per heavy atom. The van der Waals surface area contributed by atoms with Gasteiger partial charge < -0.3 is 15.5 Å². The number of rotatable bonds is 9. The second-order valence-electron chi connectivity index (χ2n) is 5.38. The molecule has 0 saturated carbocycles. The van der Waals surface area contributed by atoms with Gasteiger partial charge in [-0.15, -0.1) is 24.0 Å². The van der Waals surface area contributed by atoms with Gasteiger partial charge in [-0.1, -0.05) is 23.7 Å². The molecule has 142 valence electrons. The standard InChI is InChI=1S/C18H29ClN4O.HI/c1-4-20-18(22-14-12-17(24)23(5-2)6-3)21-13-11-15-7-9-16(19)10-8-15;/h7-10H,4-6,11-14H2,1-3H3,(H2,20,21,22);1H. The summed E-state index contributed by atoms with van der Waals surface area (Å²) in [5.41, 5.74) is 1.22. The average molecular weight is 481 g/mol. The predicted molar refractivity (Wildman–Crippen MR) is 117 cm³/mol. The highest BCUT2D eigenvalue weighted by Gasteiger charge is 2.08.